The van der Waals surface area contributed by atoms with Gasteiger partial charge < -0.3 is 4.42 Å². The maximum atomic E-state index is 6.26. The largest absolute Gasteiger partial charge is 0.456 e. The fourth-order valence-electron chi connectivity index (χ4n) is 24.5. The lowest BCUT2D eigenvalue weighted by Gasteiger charge is -2.50. The molecule has 0 saturated carbocycles. The molecule has 0 spiro atoms. The highest BCUT2D eigenvalue weighted by Crippen LogP contribution is 2.66. The van der Waals surface area contributed by atoms with Crippen molar-refractivity contribution in [3.8, 4) is 169 Å². The SMILES string of the molecule is CC1(C)c2cc(-c3nc(-c4ccccc4)nc(-c4cccc5oc6ccccc6c45)n3)ccc2-c2c1ccc1c2C(C)(C)C(C)(C)c2ccccc2-1.CC1(C)c2cc(-c3nc(-c4ccccc4)nc(-c4ccccc4)n3)ccc2-c2c1ccc1c2C(C)(C)C(C)(C)c2ccccc2-1.CC1(C)c2cc(-c3nc(-c4ccccc4)nc(-c4ccccc4)n3)ccc2-c2ccc3c(c21)C(C)(C)C(C)(C)c1ccccc1-3. The molecule has 26 rings (SSSR count). The first-order valence-corrected chi connectivity index (χ1v) is 50.0. The van der Waals surface area contributed by atoms with Gasteiger partial charge in [0.25, 0.3) is 0 Å². The molecule has 6 aliphatic carbocycles. The molecule has 16 aromatic carbocycles. The summed E-state index contributed by atoms with van der Waals surface area (Å²) in [5, 5.41) is 2.06. The van der Waals surface area contributed by atoms with Crippen LogP contribution in [0, 0.1) is 0 Å². The van der Waals surface area contributed by atoms with E-state index < -0.39 is 0 Å². The summed E-state index contributed by atoms with van der Waals surface area (Å²) < 4.78 is 6.26. The van der Waals surface area contributed by atoms with Crippen LogP contribution in [0.2, 0.25) is 0 Å². The second-order valence-electron chi connectivity index (χ2n) is 44.3. The van der Waals surface area contributed by atoms with E-state index in [2.05, 4.69) is 361 Å². The van der Waals surface area contributed by atoms with E-state index in [1.165, 1.54) is 134 Å². The highest BCUT2D eigenvalue weighted by molar-refractivity contribution is 6.12. The summed E-state index contributed by atoms with van der Waals surface area (Å²) in [6, 6.07) is 127. The zero-order valence-electron chi connectivity index (χ0n) is 84.0. The van der Waals surface area contributed by atoms with E-state index >= 15 is 0 Å². The molecule has 0 fully saturated rings. The fourth-order valence-corrected chi connectivity index (χ4v) is 24.5. The minimum atomic E-state index is -0.216. The van der Waals surface area contributed by atoms with Crippen LogP contribution in [0.1, 0.15) is 191 Å². The minimum absolute atomic E-state index is 0.0334. The van der Waals surface area contributed by atoms with Gasteiger partial charge in [0.2, 0.25) is 0 Å². The van der Waals surface area contributed by atoms with Crippen LogP contribution < -0.4 is 0 Å². The molecule has 6 aliphatic rings. The molecule has 4 heterocycles. The molecule has 20 aromatic rings. The van der Waals surface area contributed by atoms with E-state index in [1.54, 1.807) is 0 Å². The monoisotopic (exact) mass is 1840 g/mol. The van der Waals surface area contributed by atoms with Crippen molar-refractivity contribution in [2.24, 2.45) is 0 Å². The van der Waals surface area contributed by atoms with Crippen molar-refractivity contribution in [1.82, 2.24) is 44.9 Å². The van der Waals surface area contributed by atoms with Crippen molar-refractivity contribution in [3.63, 3.8) is 0 Å². The molecule has 0 unspecified atom stereocenters. The van der Waals surface area contributed by atoms with E-state index in [9.17, 15) is 0 Å². The van der Waals surface area contributed by atoms with Crippen LogP contribution in [0.15, 0.2) is 362 Å². The molecule has 10 nitrogen and oxygen atoms in total. The number of hydrogen-bond donors (Lipinski definition) is 0. The number of aromatic nitrogens is 9. The summed E-state index contributed by atoms with van der Waals surface area (Å²) in [5.41, 5.74) is 42.4. The predicted molar refractivity (Wildman–Crippen MR) is 583 cm³/mol. The summed E-state index contributed by atoms with van der Waals surface area (Å²) in [6.07, 6.45) is 0. The second-order valence-corrected chi connectivity index (χ2v) is 44.3. The van der Waals surface area contributed by atoms with E-state index in [0.29, 0.717) is 52.4 Å². The van der Waals surface area contributed by atoms with Crippen molar-refractivity contribution in [2.75, 3.05) is 0 Å². The number of rotatable bonds is 9. The van der Waals surface area contributed by atoms with E-state index in [0.717, 1.165) is 72.0 Å². The third-order valence-corrected chi connectivity index (χ3v) is 34.2. The van der Waals surface area contributed by atoms with Crippen LogP contribution in [-0.4, -0.2) is 44.9 Å². The van der Waals surface area contributed by atoms with Gasteiger partial charge in [-0.15, -0.1) is 0 Å². The summed E-state index contributed by atoms with van der Waals surface area (Å²) in [4.78, 5) is 45.4. The van der Waals surface area contributed by atoms with Gasteiger partial charge in [0.05, 0.1) is 0 Å². The molecule has 0 atom stereocenters. The standard InChI is InChI=1S/C48H39N3O.2C42H37N3/c1-46(2)36-26-25-31-30-17-10-12-20-35(30)47(3,4)48(5,6)42(31)41(36)32-24-23-29(27-37(32)46)44-49-43(28-15-8-7-9-16-28)50-45(51-44)34-19-14-22-39-40(34)33-18-11-13-21-38(33)52-39;1-40(2)33-24-23-30-29-19-13-14-20-32(29)41(3,4)42(5,6)36(30)35(33)31-22-21-28(25-34(31)40)39-44-37(26-15-9-7-10-16-26)43-38(45-39)27-17-11-8-12-18-27;1-40(2)34-25-28(39-44-37(26-15-9-7-10-16-26)43-38(45-39)27-17-11-8-12-18-27)21-22-30(34)31-23-24-32-29-19-13-14-20-33(29)41(3,4)42(5,6)36(32)35(31)40/h7-27H,1-6H3;2*7-25H,1-6H3. The summed E-state index contributed by atoms with van der Waals surface area (Å²) in [5.74, 6) is 6.02. The quantitative estimate of drug-likeness (QED) is 0.138. The number of benzene rings is 16. The van der Waals surface area contributed by atoms with E-state index in [1.807, 2.05) is 121 Å². The van der Waals surface area contributed by atoms with Gasteiger partial charge in [0.15, 0.2) is 52.4 Å². The maximum absolute atomic E-state index is 6.26. The first kappa shape index (κ1) is 89.0. The highest BCUT2D eigenvalue weighted by Gasteiger charge is 2.55. The molecule has 4 aromatic heterocycles. The second kappa shape index (κ2) is 32.2. The lowest BCUT2D eigenvalue weighted by molar-refractivity contribution is 0.295. The summed E-state index contributed by atoms with van der Waals surface area (Å²) in [7, 11) is 0. The van der Waals surface area contributed by atoms with Gasteiger partial charge >= 0.3 is 0 Å². The minimum Gasteiger partial charge on any atom is -0.456 e. The number of fused-ring (bicyclic) bond motifs is 24. The molecule has 692 valence electrons. The Kier molecular flexibility index (Phi) is 20.2. The lowest BCUT2D eigenvalue weighted by Crippen LogP contribution is -2.45. The Hall–Kier alpha value is -15.7. The Morgan fingerprint density at radius 2 is 0.423 bits per heavy atom. The van der Waals surface area contributed by atoms with Crippen molar-refractivity contribution >= 4 is 21.9 Å². The van der Waals surface area contributed by atoms with Crippen LogP contribution in [0.25, 0.3) is 191 Å². The molecule has 0 amide bonds. The Morgan fingerprint density at radius 3 is 0.796 bits per heavy atom. The van der Waals surface area contributed by atoms with Gasteiger partial charge in [-0.2, -0.15) is 0 Å². The average molecular weight is 1840 g/mol. The molecule has 0 radical (unpaired) electrons. The molecular formula is C132H113N9O. The van der Waals surface area contributed by atoms with Crippen molar-refractivity contribution in [1.29, 1.82) is 0 Å². The smallest absolute Gasteiger partial charge is 0.164 e. The van der Waals surface area contributed by atoms with Crippen LogP contribution in [-0.2, 0) is 48.7 Å². The fraction of sp³-hybridized carbons (Fsp3) is 0.205. The Morgan fingerprint density at radius 1 is 0.162 bits per heavy atom. The Labute approximate surface area is 832 Å². The molecule has 10 heteroatoms. The predicted octanol–water partition coefficient (Wildman–Crippen LogP) is 33.1. The highest BCUT2D eigenvalue weighted by atomic mass is 16.3. The molecule has 0 bridgehead atoms. The van der Waals surface area contributed by atoms with Crippen LogP contribution in [0.3, 0.4) is 0 Å². The van der Waals surface area contributed by atoms with Crippen LogP contribution >= 0.6 is 0 Å². The number of para-hydroxylation sites is 1. The zero-order chi connectivity index (χ0) is 97.8. The Bertz CT molecular complexity index is 8480. The average Bonchev–Trinajstić information content (AvgIpc) is 1.46. The van der Waals surface area contributed by atoms with E-state index in [4.69, 9.17) is 49.3 Å². The molecule has 0 N–H and O–H groups in total. The normalized spacial score (nSPS) is 16.2. The molecule has 142 heavy (non-hydrogen) atoms. The van der Waals surface area contributed by atoms with Gasteiger partial charge in [0.1, 0.15) is 11.2 Å². The van der Waals surface area contributed by atoms with Crippen molar-refractivity contribution < 1.29 is 4.42 Å². The van der Waals surface area contributed by atoms with Crippen molar-refractivity contribution in [2.45, 2.75) is 173 Å². The number of furan rings is 1. The van der Waals surface area contributed by atoms with Gasteiger partial charge in [-0.1, -0.05) is 452 Å². The summed E-state index contributed by atoms with van der Waals surface area (Å²) >= 11 is 0. The zero-order valence-corrected chi connectivity index (χ0v) is 84.0. The maximum Gasteiger partial charge on any atom is 0.164 e. The third-order valence-electron chi connectivity index (χ3n) is 34.2. The van der Waals surface area contributed by atoms with Gasteiger partial charge in [-0.3, -0.25) is 0 Å². The van der Waals surface area contributed by atoms with Crippen LogP contribution in [0.5, 0.6) is 0 Å². The number of nitrogens with zero attached hydrogens (tertiary/aromatic N) is 9. The first-order valence-electron chi connectivity index (χ1n) is 50.0. The van der Waals surface area contributed by atoms with E-state index in [-0.39, 0.29) is 48.7 Å². The Balaban J connectivity index is 0.000000115. The van der Waals surface area contributed by atoms with Crippen molar-refractivity contribution in [3.05, 3.63) is 425 Å². The number of hydrogen-bond acceptors (Lipinski definition) is 10. The molecule has 0 aliphatic heterocycles. The van der Waals surface area contributed by atoms with Gasteiger partial charge in [0, 0.05) is 87.9 Å². The molecule has 0 saturated heterocycles. The molecular weight excluding hydrogens is 1730 g/mol. The third kappa shape index (κ3) is 13.4. The lowest BCUT2D eigenvalue weighted by atomic mass is 9.53. The topological polar surface area (TPSA) is 129 Å². The van der Waals surface area contributed by atoms with Gasteiger partial charge in [-0.25, -0.2) is 44.9 Å². The van der Waals surface area contributed by atoms with Gasteiger partial charge in [-0.05, 0) is 186 Å². The first-order chi connectivity index (χ1) is 68.2. The van der Waals surface area contributed by atoms with Crippen LogP contribution in [0.4, 0.5) is 0 Å². The summed E-state index contributed by atoms with van der Waals surface area (Å²) in [6.45, 7) is 43.3.